The third-order valence-corrected chi connectivity index (χ3v) is 6.22. The molecular formula is C11H28P2. The average molecular weight is 222 g/mol. The molecule has 0 aromatic rings. The van der Waals surface area contributed by atoms with Crippen LogP contribution >= 0.6 is 16.5 Å². The number of unbranched alkanes of at least 4 members (excludes halogenated alkanes) is 7. The van der Waals surface area contributed by atoms with Crippen LogP contribution in [0.4, 0.5) is 0 Å². The third-order valence-electron chi connectivity index (χ3n) is 2.46. The second kappa shape index (κ2) is 12.9. The predicted octanol–water partition coefficient (Wildman–Crippen LogP) is 4.49. The van der Waals surface area contributed by atoms with Gasteiger partial charge in [-0.05, 0) is 0 Å². The molecule has 0 nitrogen and oxygen atoms in total. The molecule has 1 atom stereocenters. The molecule has 0 saturated carbocycles. The zero-order chi connectivity index (χ0) is 9.78. The molecule has 0 saturated heterocycles. The standard InChI is InChI=1S/C11H28P2/c1-3-4-5-6-7-8-9-10-11-13-12-2/h13H,3-11H2,1-2,12H3. The van der Waals surface area contributed by atoms with Crippen LogP contribution in [0.25, 0.3) is 0 Å². The first kappa shape index (κ1) is 13.9. The maximum atomic E-state index is 2.43. The monoisotopic (exact) mass is 222 g/mol. The van der Waals surface area contributed by atoms with Gasteiger partial charge in [-0.3, -0.25) is 0 Å². The number of rotatable bonds is 10. The fraction of sp³-hybridized carbons (Fsp3) is 1.00. The first-order chi connectivity index (χ1) is 6.41. The van der Waals surface area contributed by atoms with Crippen LogP contribution in [0.2, 0.25) is 0 Å². The molecule has 0 aromatic carbocycles. The molecule has 0 bridgehead atoms. The van der Waals surface area contributed by atoms with E-state index in [-0.39, 0.29) is 0 Å². The zero-order valence-corrected chi connectivity index (χ0v) is 12.0. The van der Waals surface area contributed by atoms with E-state index in [0.717, 1.165) is 0 Å². The van der Waals surface area contributed by atoms with Crippen molar-refractivity contribution in [3.05, 3.63) is 0 Å². The Hall–Kier alpha value is 0.860. The van der Waals surface area contributed by atoms with Crippen LogP contribution < -0.4 is 0 Å². The Labute approximate surface area is 88.1 Å². The molecule has 0 heterocycles. The molecule has 0 N–H and O–H groups in total. The molecular weight excluding hydrogens is 194 g/mol. The van der Waals surface area contributed by atoms with Crippen molar-refractivity contribution in [2.75, 3.05) is 12.8 Å². The van der Waals surface area contributed by atoms with Gasteiger partial charge in [0.15, 0.2) is 0 Å². The van der Waals surface area contributed by atoms with Crippen LogP contribution in [0.15, 0.2) is 0 Å². The first-order valence-electron chi connectivity index (χ1n) is 6.12. The van der Waals surface area contributed by atoms with Crippen molar-refractivity contribution >= 4 is 16.5 Å². The number of hydrogen-bond donors (Lipinski definition) is 0. The fourth-order valence-corrected chi connectivity index (χ4v) is 4.22. The van der Waals surface area contributed by atoms with Crippen molar-refractivity contribution in [1.29, 1.82) is 0 Å². The molecule has 0 rings (SSSR count). The van der Waals surface area contributed by atoms with Gasteiger partial charge in [0.2, 0.25) is 0 Å². The molecule has 0 fully saturated rings. The van der Waals surface area contributed by atoms with E-state index >= 15 is 0 Å². The maximum absolute atomic E-state index is 2.43. The Morgan fingerprint density at radius 2 is 1.38 bits per heavy atom. The Balaban J connectivity index is 2.76. The van der Waals surface area contributed by atoms with Gasteiger partial charge in [-0.2, -0.15) is 0 Å². The summed E-state index contributed by atoms with van der Waals surface area (Å²) in [6.07, 6.45) is 13.4. The molecule has 82 valence electrons. The predicted molar refractivity (Wildman–Crippen MR) is 72.8 cm³/mol. The normalized spacial score (nSPS) is 11.8. The van der Waals surface area contributed by atoms with E-state index in [4.69, 9.17) is 0 Å². The van der Waals surface area contributed by atoms with Crippen molar-refractivity contribution in [1.82, 2.24) is 0 Å². The quantitative estimate of drug-likeness (QED) is 0.377. The van der Waals surface area contributed by atoms with Gasteiger partial charge in [0.25, 0.3) is 0 Å². The minimum absolute atomic E-state index is 0.391. The summed E-state index contributed by atoms with van der Waals surface area (Å²) in [5.41, 5.74) is 0. The van der Waals surface area contributed by atoms with Gasteiger partial charge in [0.1, 0.15) is 0 Å². The van der Waals surface area contributed by atoms with E-state index in [1.807, 2.05) is 0 Å². The number of hydrogen-bond acceptors (Lipinski definition) is 0. The minimum atomic E-state index is 0.391. The molecule has 1 unspecified atom stereocenters. The molecule has 13 heavy (non-hydrogen) atoms. The SMILES string of the molecule is CCCCCCCCCCP[PH3]C. The van der Waals surface area contributed by atoms with Crippen molar-refractivity contribution in [3.8, 4) is 0 Å². The van der Waals surface area contributed by atoms with Crippen LogP contribution in [-0.2, 0) is 0 Å². The fourth-order valence-electron chi connectivity index (χ4n) is 1.56. The summed E-state index contributed by atoms with van der Waals surface area (Å²) < 4.78 is 0. The zero-order valence-electron chi connectivity index (χ0n) is 9.57. The Bertz CT molecular complexity index is 74.2. The van der Waals surface area contributed by atoms with Crippen LogP contribution in [0.1, 0.15) is 58.3 Å². The van der Waals surface area contributed by atoms with E-state index in [0.29, 0.717) is 8.27 Å². The van der Waals surface area contributed by atoms with Gasteiger partial charge in [0.05, 0.1) is 0 Å². The summed E-state index contributed by atoms with van der Waals surface area (Å²) in [4.78, 5) is 0. The molecule has 0 aromatic heterocycles. The molecule has 0 spiro atoms. The van der Waals surface area contributed by atoms with E-state index in [9.17, 15) is 0 Å². The van der Waals surface area contributed by atoms with E-state index in [1.54, 1.807) is 6.16 Å². The van der Waals surface area contributed by atoms with E-state index < -0.39 is 0 Å². The second-order valence-electron chi connectivity index (χ2n) is 3.83. The Morgan fingerprint density at radius 1 is 0.846 bits per heavy atom. The van der Waals surface area contributed by atoms with Gasteiger partial charge in [-0.1, -0.05) is 0 Å². The average Bonchev–Trinajstić information content (AvgIpc) is 2.16. The van der Waals surface area contributed by atoms with Crippen molar-refractivity contribution in [2.45, 2.75) is 58.3 Å². The van der Waals surface area contributed by atoms with Crippen LogP contribution in [0.5, 0.6) is 0 Å². The Kier molecular flexibility index (Phi) is 13.7. The first-order valence-corrected chi connectivity index (χ1v) is 11.1. The summed E-state index contributed by atoms with van der Waals surface area (Å²) in [5.74, 6) is 0. The summed E-state index contributed by atoms with van der Waals surface area (Å²) in [6, 6.07) is 0. The topological polar surface area (TPSA) is 0 Å². The summed E-state index contributed by atoms with van der Waals surface area (Å²) in [6.45, 7) is 4.72. The molecule has 0 amide bonds. The van der Waals surface area contributed by atoms with Gasteiger partial charge < -0.3 is 0 Å². The van der Waals surface area contributed by atoms with Crippen LogP contribution in [-0.4, -0.2) is 12.8 Å². The van der Waals surface area contributed by atoms with Crippen LogP contribution in [0, 0.1) is 0 Å². The van der Waals surface area contributed by atoms with Gasteiger partial charge in [-0.25, -0.2) is 0 Å². The molecule has 0 aliphatic rings. The Morgan fingerprint density at radius 3 is 1.92 bits per heavy atom. The third kappa shape index (κ3) is 12.9. The van der Waals surface area contributed by atoms with Gasteiger partial charge in [0, 0.05) is 0 Å². The second-order valence-corrected chi connectivity index (χ2v) is 9.16. The van der Waals surface area contributed by atoms with Crippen molar-refractivity contribution < 1.29 is 0 Å². The van der Waals surface area contributed by atoms with E-state index in [1.165, 1.54) is 59.6 Å². The van der Waals surface area contributed by atoms with Crippen molar-refractivity contribution in [2.24, 2.45) is 0 Å². The summed E-state index contributed by atoms with van der Waals surface area (Å²) >= 11 is 0. The summed E-state index contributed by atoms with van der Waals surface area (Å²) in [5, 5.41) is 0. The van der Waals surface area contributed by atoms with E-state index in [2.05, 4.69) is 13.6 Å². The molecule has 2 heteroatoms. The van der Waals surface area contributed by atoms with Crippen LogP contribution in [0.3, 0.4) is 0 Å². The van der Waals surface area contributed by atoms with Gasteiger partial charge >= 0.3 is 87.7 Å². The molecule has 0 radical (unpaired) electrons. The molecule has 0 aliphatic heterocycles. The molecule has 0 aliphatic carbocycles. The van der Waals surface area contributed by atoms with Gasteiger partial charge in [-0.15, -0.1) is 0 Å². The summed E-state index contributed by atoms with van der Waals surface area (Å²) in [7, 11) is 1.76. The van der Waals surface area contributed by atoms with Crippen molar-refractivity contribution in [3.63, 3.8) is 0 Å².